The minimum absolute atomic E-state index is 0.0376. The zero-order chi connectivity index (χ0) is 16.1. The first-order valence-corrected chi connectivity index (χ1v) is 7.43. The monoisotopic (exact) mass is 296 g/mol. The van der Waals surface area contributed by atoms with Gasteiger partial charge in [0.05, 0.1) is 0 Å². The third-order valence-electron chi connectivity index (χ3n) is 4.83. The number of Topliss-reactive ketones (excluding diaryl/α,β-unsaturated/α-hetero) is 2. The third kappa shape index (κ3) is 1.79. The van der Waals surface area contributed by atoms with Crippen LogP contribution in [0, 0.1) is 24.7 Å². The van der Waals surface area contributed by atoms with Crippen LogP contribution in [0.2, 0.25) is 0 Å². The second-order valence-corrected chi connectivity index (χ2v) is 5.96. The first kappa shape index (κ1) is 13.6. The van der Waals surface area contributed by atoms with E-state index in [1.807, 2.05) is 12.1 Å². The molecule has 2 aliphatic carbocycles. The van der Waals surface area contributed by atoms with Gasteiger partial charge in [-0.2, -0.15) is 0 Å². The van der Waals surface area contributed by atoms with Crippen molar-refractivity contribution in [3.8, 4) is 24.7 Å². The van der Waals surface area contributed by atoms with E-state index in [2.05, 4.69) is 11.8 Å². The largest absolute Gasteiger partial charge is 0.293 e. The number of benzene rings is 2. The molecular formula is C21H12O2. The van der Waals surface area contributed by atoms with Crippen LogP contribution in [-0.4, -0.2) is 11.6 Å². The summed E-state index contributed by atoms with van der Waals surface area (Å²) in [5, 5.41) is 0. The Morgan fingerprint density at radius 1 is 0.783 bits per heavy atom. The zero-order valence-electron chi connectivity index (χ0n) is 12.3. The van der Waals surface area contributed by atoms with Crippen LogP contribution in [0.5, 0.6) is 0 Å². The lowest BCUT2D eigenvalue weighted by Crippen LogP contribution is -2.34. The van der Waals surface area contributed by atoms with Gasteiger partial charge >= 0.3 is 0 Å². The molecule has 2 aromatic carbocycles. The van der Waals surface area contributed by atoms with Crippen LogP contribution in [0.3, 0.4) is 0 Å². The molecule has 2 aliphatic rings. The maximum absolute atomic E-state index is 12.9. The van der Waals surface area contributed by atoms with Gasteiger partial charge in [0, 0.05) is 34.1 Å². The van der Waals surface area contributed by atoms with E-state index in [4.69, 9.17) is 12.8 Å². The summed E-state index contributed by atoms with van der Waals surface area (Å²) in [6, 6.07) is 10.7. The van der Waals surface area contributed by atoms with Crippen LogP contribution in [0.15, 0.2) is 36.4 Å². The molecule has 0 spiro atoms. The molecule has 108 valence electrons. The summed E-state index contributed by atoms with van der Waals surface area (Å²) >= 11 is 0. The minimum Gasteiger partial charge on any atom is -0.293 e. The summed E-state index contributed by atoms with van der Waals surface area (Å²) < 4.78 is 0. The van der Waals surface area contributed by atoms with Crippen LogP contribution in [0.1, 0.15) is 61.2 Å². The standard InChI is InChI=1S/C21H12O2/c1-3-12-5-7-14-16(9-12)20(22)19-11-18(14)21(23)17-10-13(4-2)6-8-15(17)19/h1-2,5-10,18-19H,11H2/t18-,19-/m0/s1. The summed E-state index contributed by atoms with van der Waals surface area (Å²) in [7, 11) is 0. The van der Waals surface area contributed by atoms with Crippen molar-refractivity contribution >= 4 is 11.6 Å². The van der Waals surface area contributed by atoms with Crippen LogP contribution in [0.25, 0.3) is 0 Å². The van der Waals surface area contributed by atoms with Gasteiger partial charge in [-0.05, 0) is 41.8 Å². The molecule has 23 heavy (non-hydrogen) atoms. The summed E-state index contributed by atoms with van der Waals surface area (Å²) in [6.07, 6.45) is 11.4. The Morgan fingerprint density at radius 2 is 1.22 bits per heavy atom. The van der Waals surface area contributed by atoms with E-state index in [-0.39, 0.29) is 23.4 Å². The van der Waals surface area contributed by atoms with Crippen molar-refractivity contribution in [2.75, 3.05) is 0 Å². The fraction of sp³-hybridized carbons (Fsp3) is 0.143. The van der Waals surface area contributed by atoms with E-state index in [1.165, 1.54) is 0 Å². The van der Waals surface area contributed by atoms with Gasteiger partial charge in [-0.25, -0.2) is 0 Å². The van der Waals surface area contributed by atoms with Crippen molar-refractivity contribution < 1.29 is 9.59 Å². The number of fused-ring (bicyclic) bond motifs is 6. The van der Waals surface area contributed by atoms with Gasteiger partial charge in [0.25, 0.3) is 0 Å². The van der Waals surface area contributed by atoms with Gasteiger partial charge < -0.3 is 0 Å². The molecule has 0 heterocycles. The van der Waals surface area contributed by atoms with Crippen molar-refractivity contribution in [1.82, 2.24) is 0 Å². The van der Waals surface area contributed by atoms with Crippen molar-refractivity contribution in [2.45, 2.75) is 18.3 Å². The van der Waals surface area contributed by atoms with E-state index in [0.29, 0.717) is 28.7 Å². The minimum atomic E-state index is -0.292. The lowest BCUT2D eigenvalue weighted by atomic mass is 9.65. The maximum atomic E-state index is 12.9. The molecule has 2 heteroatoms. The molecule has 0 aliphatic heterocycles. The molecule has 0 unspecified atom stereocenters. The third-order valence-corrected chi connectivity index (χ3v) is 4.83. The topological polar surface area (TPSA) is 34.1 Å². The molecular weight excluding hydrogens is 284 g/mol. The normalized spacial score (nSPS) is 21.0. The lowest BCUT2D eigenvalue weighted by Gasteiger charge is -2.35. The van der Waals surface area contributed by atoms with Gasteiger partial charge in [-0.3, -0.25) is 9.59 Å². The number of carbonyl (C=O) groups is 2. The van der Waals surface area contributed by atoms with E-state index in [9.17, 15) is 9.59 Å². The summed E-state index contributed by atoms with van der Waals surface area (Å²) in [4.78, 5) is 25.8. The molecule has 0 saturated carbocycles. The van der Waals surface area contributed by atoms with Gasteiger partial charge in [0.15, 0.2) is 11.6 Å². The Bertz CT molecular complexity index is 887. The Labute approximate surface area is 134 Å². The van der Waals surface area contributed by atoms with Crippen LogP contribution in [-0.2, 0) is 0 Å². The fourth-order valence-corrected chi connectivity index (χ4v) is 3.69. The zero-order valence-corrected chi connectivity index (χ0v) is 12.3. The van der Waals surface area contributed by atoms with Crippen molar-refractivity contribution in [1.29, 1.82) is 0 Å². The van der Waals surface area contributed by atoms with Crippen molar-refractivity contribution in [2.24, 2.45) is 0 Å². The Hall–Kier alpha value is -3.10. The number of carbonyl (C=O) groups excluding carboxylic acids is 2. The Morgan fingerprint density at radius 3 is 1.61 bits per heavy atom. The average Bonchev–Trinajstić information content (AvgIpc) is 2.60. The molecule has 2 atom stereocenters. The number of ketones is 2. The highest BCUT2D eigenvalue weighted by Gasteiger charge is 2.43. The predicted molar refractivity (Wildman–Crippen MR) is 87.5 cm³/mol. The molecule has 0 aromatic heterocycles. The summed E-state index contributed by atoms with van der Waals surface area (Å²) in [5.74, 6) is 4.59. The van der Waals surface area contributed by atoms with Crippen LogP contribution >= 0.6 is 0 Å². The van der Waals surface area contributed by atoms with Gasteiger partial charge in [-0.1, -0.05) is 24.0 Å². The van der Waals surface area contributed by atoms with Gasteiger partial charge in [0.1, 0.15) is 0 Å². The Balaban J connectivity index is 1.95. The molecule has 2 aromatic rings. The second-order valence-electron chi connectivity index (χ2n) is 5.96. The summed E-state index contributed by atoms with van der Waals surface area (Å²) in [6.45, 7) is 0. The molecule has 0 N–H and O–H groups in total. The number of hydrogen-bond donors (Lipinski definition) is 0. The first-order valence-electron chi connectivity index (χ1n) is 7.43. The van der Waals surface area contributed by atoms with Gasteiger partial charge in [-0.15, -0.1) is 12.8 Å². The second kappa shape index (κ2) is 4.70. The number of rotatable bonds is 0. The highest BCUT2D eigenvalue weighted by molar-refractivity contribution is 6.14. The molecule has 2 nitrogen and oxygen atoms in total. The fourth-order valence-electron chi connectivity index (χ4n) is 3.69. The quantitative estimate of drug-likeness (QED) is 0.699. The molecule has 0 saturated heterocycles. The van der Waals surface area contributed by atoms with E-state index < -0.39 is 0 Å². The smallest absolute Gasteiger partial charge is 0.170 e. The van der Waals surface area contributed by atoms with Crippen LogP contribution in [0.4, 0.5) is 0 Å². The SMILES string of the molecule is C#Cc1ccc2c(c1)C(=O)[C@H]1C[C@@H]2C(=O)c2cc(C#C)ccc21. The maximum Gasteiger partial charge on any atom is 0.170 e. The highest BCUT2D eigenvalue weighted by atomic mass is 16.1. The lowest BCUT2D eigenvalue weighted by molar-refractivity contribution is 0.0875. The average molecular weight is 296 g/mol. The predicted octanol–water partition coefficient (Wildman–Crippen LogP) is 3.30. The Kier molecular flexibility index (Phi) is 2.77. The first-order chi connectivity index (χ1) is 11.1. The van der Waals surface area contributed by atoms with Crippen LogP contribution < -0.4 is 0 Å². The molecule has 4 rings (SSSR count). The number of terminal acetylenes is 2. The molecule has 2 bridgehead atoms. The van der Waals surface area contributed by atoms with Gasteiger partial charge in [0.2, 0.25) is 0 Å². The highest BCUT2D eigenvalue weighted by Crippen LogP contribution is 2.47. The molecule has 0 fully saturated rings. The summed E-state index contributed by atoms with van der Waals surface area (Å²) in [5.41, 5.74) is 4.06. The molecule has 0 radical (unpaired) electrons. The van der Waals surface area contributed by atoms with E-state index in [0.717, 1.165) is 11.1 Å². The van der Waals surface area contributed by atoms with Crippen molar-refractivity contribution in [3.05, 3.63) is 69.8 Å². The molecule has 0 amide bonds. The van der Waals surface area contributed by atoms with E-state index >= 15 is 0 Å². The van der Waals surface area contributed by atoms with Crippen molar-refractivity contribution in [3.63, 3.8) is 0 Å². The van der Waals surface area contributed by atoms with E-state index in [1.54, 1.807) is 24.3 Å². The number of hydrogen-bond acceptors (Lipinski definition) is 2.